The highest BCUT2D eigenvalue weighted by molar-refractivity contribution is 6.01. The molecule has 33 heavy (non-hydrogen) atoms. The van der Waals surface area contributed by atoms with Gasteiger partial charge in [-0.25, -0.2) is 0 Å². The summed E-state index contributed by atoms with van der Waals surface area (Å²) in [5.41, 5.74) is 1.51. The Bertz CT molecular complexity index is 876. The van der Waals surface area contributed by atoms with E-state index in [0.29, 0.717) is 31.6 Å². The summed E-state index contributed by atoms with van der Waals surface area (Å²) in [6.07, 6.45) is 10.7. The van der Waals surface area contributed by atoms with E-state index in [2.05, 4.69) is 11.7 Å². The lowest BCUT2D eigenvalue weighted by atomic mass is 9.84. The number of methoxy groups -OCH3 is 1. The zero-order valence-corrected chi connectivity index (χ0v) is 20.2. The van der Waals surface area contributed by atoms with E-state index >= 15 is 0 Å². The zero-order chi connectivity index (χ0) is 24.2. The molecule has 0 radical (unpaired) electrons. The Kier molecular flexibility index (Phi) is 7.97. The number of nitrogens with zero attached hydrogens (tertiary/aromatic N) is 4. The number of alkyl halides is 2. The van der Waals surface area contributed by atoms with E-state index in [0.717, 1.165) is 30.7 Å². The van der Waals surface area contributed by atoms with Crippen LogP contribution in [0.1, 0.15) is 45.4 Å². The number of rotatable bonds is 10. The van der Waals surface area contributed by atoms with Crippen LogP contribution in [0.3, 0.4) is 0 Å². The van der Waals surface area contributed by atoms with Crippen LogP contribution in [0.25, 0.3) is 0 Å². The summed E-state index contributed by atoms with van der Waals surface area (Å²) in [6.45, 7) is 6.58. The summed E-state index contributed by atoms with van der Waals surface area (Å²) >= 11 is 0. The van der Waals surface area contributed by atoms with Gasteiger partial charge in [0.15, 0.2) is 0 Å². The van der Waals surface area contributed by atoms with Crippen molar-refractivity contribution in [2.75, 3.05) is 34.3 Å². The number of carbonyl (C=O) groups excluding carboxylic acids is 1. The normalized spacial score (nSPS) is 23.0. The molecule has 0 aromatic carbocycles. The highest BCUT2D eigenvalue weighted by Crippen LogP contribution is 2.40. The Morgan fingerprint density at radius 1 is 1.33 bits per heavy atom. The molecule has 2 heterocycles. The van der Waals surface area contributed by atoms with Crippen molar-refractivity contribution < 1.29 is 18.3 Å². The van der Waals surface area contributed by atoms with Crippen LogP contribution in [-0.4, -0.2) is 72.7 Å². The first-order chi connectivity index (χ1) is 15.7. The third-order valence-corrected chi connectivity index (χ3v) is 6.66. The average molecular weight is 463 g/mol. The molecule has 3 rings (SSSR count). The molecule has 3 aliphatic rings. The lowest BCUT2D eigenvalue weighted by Gasteiger charge is -2.38. The summed E-state index contributed by atoms with van der Waals surface area (Å²) < 4.78 is 34.9. The summed E-state index contributed by atoms with van der Waals surface area (Å²) in [4.78, 5) is 17.3. The van der Waals surface area contributed by atoms with Crippen molar-refractivity contribution in [1.29, 1.82) is 0 Å². The molecule has 0 bridgehead atoms. The predicted octanol–water partition coefficient (Wildman–Crippen LogP) is 4.54. The van der Waals surface area contributed by atoms with E-state index in [1.54, 1.807) is 19.3 Å². The maximum atomic E-state index is 14.8. The molecule has 1 aliphatic carbocycles. The monoisotopic (exact) mass is 462 g/mol. The number of unbranched alkanes of at least 4 members (excludes halogenated alkanes) is 1. The van der Waals surface area contributed by atoms with Gasteiger partial charge in [0.1, 0.15) is 11.8 Å². The molecular weight excluding hydrogens is 426 g/mol. The minimum absolute atomic E-state index is 0.127. The van der Waals surface area contributed by atoms with Crippen LogP contribution in [0, 0.1) is 5.92 Å². The van der Waals surface area contributed by atoms with Gasteiger partial charge in [0.05, 0.1) is 18.6 Å². The Hall–Kier alpha value is -2.64. The molecule has 2 atom stereocenters. The number of fused-ring (bicyclic) bond motifs is 1. The van der Waals surface area contributed by atoms with E-state index in [9.17, 15) is 13.6 Å². The molecule has 0 saturated carbocycles. The second-order valence-electron chi connectivity index (χ2n) is 9.01. The van der Waals surface area contributed by atoms with Gasteiger partial charge in [-0.1, -0.05) is 19.6 Å². The van der Waals surface area contributed by atoms with Crippen LogP contribution in [0.15, 0.2) is 53.1 Å². The highest BCUT2D eigenvalue weighted by Gasteiger charge is 2.54. The minimum Gasteiger partial charge on any atom is -0.501 e. The predicted molar refractivity (Wildman–Crippen MR) is 127 cm³/mol. The number of piperidine rings is 1. The molecule has 0 spiro atoms. The van der Waals surface area contributed by atoms with E-state index in [1.165, 1.54) is 11.9 Å². The van der Waals surface area contributed by atoms with Crippen molar-refractivity contribution in [3.63, 3.8) is 0 Å². The SMILES string of the molecule is C=C(CCCCN1CCC2C(C(F)(F)CC)=NN(C3=CC=C(OC)CC=C3)C2C1=O)N(C)C. The molecule has 0 aromatic rings. The second-order valence-corrected chi connectivity index (χ2v) is 9.01. The van der Waals surface area contributed by atoms with Crippen molar-refractivity contribution in [2.24, 2.45) is 11.0 Å². The molecule has 1 saturated heterocycles. The van der Waals surface area contributed by atoms with Gasteiger partial charge in [0.2, 0.25) is 5.91 Å². The van der Waals surface area contributed by atoms with Crippen LogP contribution < -0.4 is 0 Å². The lowest BCUT2D eigenvalue weighted by Crippen LogP contribution is -2.54. The maximum Gasteiger partial charge on any atom is 0.287 e. The first-order valence-electron chi connectivity index (χ1n) is 11.7. The summed E-state index contributed by atoms with van der Waals surface area (Å²) in [7, 11) is 5.53. The molecule has 1 amide bonds. The Labute approximate surface area is 195 Å². The molecular formula is C25H36F2N4O2. The number of ether oxygens (including phenoxy) is 1. The van der Waals surface area contributed by atoms with Gasteiger partial charge in [-0.05, 0) is 43.9 Å². The van der Waals surface area contributed by atoms with Crippen LogP contribution in [0.5, 0.6) is 0 Å². The van der Waals surface area contributed by atoms with Gasteiger partial charge in [-0.2, -0.15) is 13.9 Å². The molecule has 2 aliphatic heterocycles. The van der Waals surface area contributed by atoms with E-state index < -0.39 is 17.9 Å². The maximum absolute atomic E-state index is 14.8. The number of hydrogen-bond donors (Lipinski definition) is 0. The standard InChI is InChI=1S/C25H36F2N4O2/c1-6-25(26,27)23-21-15-17-30(16-8-7-10-18(2)29(3)4)24(32)22(21)31(28-23)19-11-9-12-20(33-5)14-13-19/h9,11,13-14,21-22H,2,6-8,10,12,15-17H2,1,3-5H3. The molecule has 2 unspecified atom stereocenters. The topological polar surface area (TPSA) is 48.4 Å². The third kappa shape index (κ3) is 5.47. The van der Waals surface area contributed by atoms with E-state index in [1.807, 2.05) is 36.0 Å². The number of carbonyl (C=O) groups is 1. The largest absolute Gasteiger partial charge is 0.501 e. The van der Waals surface area contributed by atoms with Gasteiger partial charge in [0, 0.05) is 51.6 Å². The first kappa shape index (κ1) is 25.0. The first-order valence-corrected chi connectivity index (χ1v) is 11.7. The van der Waals surface area contributed by atoms with Crippen LogP contribution in [0.4, 0.5) is 8.78 Å². The van der Waals surface area contributed by atoms with Crippen molar-refractivity contribution in [2.45, 2.75) is 57.4 Å². The summed E-state index contributed by atoms with van der Waals surface area (Å²) in [5, 5.41) is 5.87. The third-order valence-electron chi connectivity index (χ3n) is 6.66. The Morgan fingerprint density at radius 2 is 2.09 bits per heavy atom. The number of amides is 1. The lowest BCUT2D eigenvalue weighted by molar-refractivity contribution is -0.140. The number of hydrazone groups is 1. The molecule has 8 heteroatoms. The average Bonchev–Trinajstić information content (AvgIpc) is 3.03. The van der Waals surface area contributed by atoms with Crippen LogP contribution in [0.2, 0.25) is 0 Å². The number of hydrogen-bond acceptors (Lipinski definition) is 5. The zero-order valence-electron chi connectivity index (χ0n) is 20.2. The smallest absolute Gasteiger partial charge is 0.287 e. The van der Waals surface area contributed by atoms with Gasteiger partial charge in [-0.3, -0.25) is 9.80 Å². The van der Waals surface area contributed by atoms with Crippen molar-refractivity contribution in [3.05, 3.63) is 48.0 Å². The van der Waals surface area contributed by atoms with Crippen molar-refractivity contribution >= 4 is 11.6 Å². The molecule has 6 nitrogen and oxygen atoms in total. The summed E-state index contributed by atoms with van der Waals surface area (Å²) in [6, 6.07) is -0.740. The Balaban J connectivity index is 1.79. The van der Waals surface area contributed by atoms with Gasteiger partial charge in [-0.15, -0.1) is 0 Å². The number of allylic oxidation sites excluding steroid dienone is 5. The quantitative estimate of drug-likeness (QED) is 0.447. The van der Waals surface area contributed by atoms with Gasteiger partial charge in [0.25, 0.3) is 5.92 Å². The fourth-order valence-electron chi connectivity index (χ4n) is 4.46. The molecule has 0 aromatic heterocycles. The van der Waals surface area contributed by atoms with Gasteiger partial charge >= 0.3 is 0 Å². The van der Waals surface area contributed by atoms with E-state index in [4.69, 9.17) is 4.74 Å². The van der Waals surface area contributed by atoms with Crippen LogP contribution >= 0.6 is 0 Å². The fourth-order valence-corrected chi connectivity index (χ4v) is 4.46. The summed E-state index contributed by atoms with van der Waals surface area (Å²) in [5.74, 6) is -2.98. The van der Waals surface area contributed by atoms with E-state index in [-0.39, 0.29) is 18.0 Å². The van der Waals surface area contributed by atoms with Gasteiger partial charge < -0.3 is 14.5 Å². The molecule has 1 fully saturated rings. The highest BCUT2D eigenvalue weighted by atomic mass is 19.3. The number of likely N-dealkylation sites (tertiary alicyclic amines) is 1. The fraction of sp³-hybridized carbons (Fsp3) is 0.600. The number of halogens is 2. The van der Waals surface area contributed by atoms with Crippen LogP contribution in [-0.2, 0) is 9.53 Å². The molecule has 0 N–H and O–H groups in total. The minimum atomic E-state index is -3.03. The van der Waals surface area contributed by atoms with Crippen molar-refractivity contribution in [1.82, 2.24) is 14.8 Å². The molecule has 182 valence electrons. The Morgan fingerprint density at radius 3 is 2.76 bits per heavy atom. The van der Waals surface area contributed by atoms with Crippen molar-refractivity contribution in [3.8, 4) is 0 Å². The second kappa shape index (κ2) is 10.5.